The van der Waals surface area contributed by atoms with Gasteiger partial charge in [-0.2, -0.15) is 13.1 Å². The Morgan fingerprint density at radius 2 is 1.84 bits per heavy atom. The average Bonchev–Trinajstić information content (AvgIpc) is 3.65. The standard InChI is InChI=1S/C28H25Cl2F3N2O6S2/c29-21-13-34-14-22(30)20(21)12-24(17-6-7-23(41-28(32)33)25(10-17)39-15-16-4-5-16)40-27(36)26-35(8-9-42-26)43(37,38)19-3-1-2-18(31)11-19/h1-3,6-7,10-11,13-14,16,24,26,28H,4-5,8-9,12,15H2/p+1/t24-,26?/m0/s1. The Balaban J connectivity index is 1.46. The number of halogens is 5. The minimum atomic E-state index is -4.24. The first-order chi connectivity index (χ1) is 20.5. The van der Waals surface area contributed by atoms with E-state index in [0.29, 0.717) is 29.4 Å². The van der Waals surface area contributed by atoms with E-state index in [1.807, 2.05) is 0 Å². The lowest BCUT2D eigenvalue weighted by Gasteiger charge is -2.26. The first-order valence-corrected chi connectivity index (χ1v) is 16.4. The molecule has 1 N–H and O–H groups in total. The number of carbonyl (C=O) groups excluding carboxylic acids is 1. The summed E-state index contributed by atoms with van der Waals surface area (Å²) in [6, 6.07) is 8.69. The predicted molar refractivity (Wildman–Crippen MR) is 153 cm³/mol. The molecule has 0 bridgehead atoms. The summed E-state index contributed by atoms with van der Waals surface area (Å²) in [7, 11) is -4.24. The molecule has 1 saturated carbocycles. The number of sulfonamides is 1. The highest BCUT2D eigenvalue weighted by Crippen LogP contribution is 2.39. The van der Waals surface area contributed by atoms with Gasteiger partial charge in [-0.05, 0) is 54.7 Å². The fraction of sp³-hybridized carbons (Fsp3) is 0.357. The molecule has 5 rings (SSSR count). The Hall–Kier alpha value is -2.71. The minimum absolute atomic E-state index is 0.00105. The van der Waals surface area contributed by atoms with Gasteiger partial charge in [0.1, 0.15) is 22.0 Å². The summed E-state index contributed by atoms with van der Waals surface area (Å²) in [6.07, 6.45) is 3.77. The van der Waals surface area contributed by atoms with Gasteiger partial charge in [0.2, 0.25) is 10.0 Å². The van der Waals surface area contributed by atoms with E-state index in [9.17, 15) is 26.4 Å². The zero-order chi connectivity index (χ0) is 30.7. The van der Waals surface area contributed by atoms with Crippen LogP contribution in [0, 0.1) is 11.7 Å². The lowest BCUT2D eigenvalue weighted by Crippen LogP contribution is -2.40. The third-order valence-corrected chi connectivity index (χ3v) is 10.7. The van der Waals surface area contributed by atoms with Gasteiger partial charge >= 0.3 is 12.6 Å². The van der Waals surface area contributed by atoms with Crippen LogP contribution in [0.15, 0.2) is 59.8 Å². The Kier molecular flexibility index (Phi) is 9.96. The van der Waals surface area contributed by atoms with Crippen molar-refractivity contribution in [1.82, 2.24) is 4.31 Å². The van der Waals surface area contributed by atoms with Crippen LogP contribution < -0.4 is 14.5 Å². The van der Waals surface area contributed by atoms with Crippen LogP contribution in [0.4, 0.5) is 13.2 Å². The summed E-state index contributed by atoms with van der Waals surface area (Å²) in [4.78, 5) is 16.1. The summed E-state index contributed by atoms with van der Waals surface area (Å²) in [6.45, 7) is -2.80. The summed E-state index contributed by atoms with van der Waals surface area (Å²) < 4.78 is 84.1. The van der Waals surface area contributed by atoms with E-state index < -0.39 is 39.9 Å². The number of pyridine rings is 1. The van der Waals surface area contributed by atoms with Crippen LogP contribution in [0.2, 0.25) is 10.0 Å². The number of nitrogens with zero attached hydrogens (tertiary/aromatic N) is 1. The van der Waals surface area contributed by atoms with Gasteiger partial charge in [0.05, 0.1) is 11.5 Å². The average molecular weight is 679 g/mol. The first kappa shape index (κ1) is 31.7. The van der Waals surface area contributed by atoms with Crippen LogP contribution in [-0.2, 0) is 26.0 Å². The Bertz CT molecular complexity index is 1580. The molecule has 2 aliphatic rings. The summed E-state index contributed by atoms with van der Waals surface area (Å²) in [5.41, 5.74) is 0.778. The van der Waals surface area contributed by atoms with Crippen molar-refractivity contribution in [3.05, 3.63) is 81.8 Å². The molecule has 2 fully saturated rings. The number of aromatic amines is 1. The molecule has 15 heteroatoms. The lowest BCUT2D eigenvalue weighted by molar-refractivity contribution is -0.377. The zero-order valence-electron chi connectivity index (χ0n) is 22.4. The summed E-state index contributed by atoms with van der Waals surface area (Å²) in [5, 5.41) is -0.762. The van der Waals surface area contributed by atoms with Gasteiger partial charge in [0.15, 0.2) is 29.3 Å². The summed E-state index contributed by atoms with van der Waals surface area (Å²) >= 11 is 13.8. The molecule has 1 aromatic heterocycles. The predicted octanol–water partition coefficient (Wildman–Crippen LogP) is 5.93. The number of hydrogen-bond donors (Lipinski definition) is 0. The maximum atomic E-state index is 13.8. The molecule has 0 amide bonds. The van der Waals surface area contributed by atoms with Crippen molar-refractivity contribution in [1.29, 1.82) is 0 Å². The monoisotopic (exact) mass is 677 g/mol. The van der Waals surface area contributed by atoms with E-state index in [1.165, 1.54) is 42.7 Å². The second-order valence-electron chi connectivity index (χ2n) is 9.89. The number of carbonyl (C=O) groups is 1. The van der Waals surface area contributed by atoms with Gasteiger partial charge in [-0.3, -0.25) is 0 Å². The highest BCUT2D eigenvalue weighted by molar-refractivity contribution is 8.02. The molecule has 2 heterocycles. The van der Waals surface area contributed by atoms with E-state index in [-0.39, 0.29) is 39.4 Å². The van der Waals surface area contributed by atoms with Crippen LogP contribution in [0.3, 0.4) is 0 Å². The van der Waals surface area contributed by atoms with Crippen molar-refractivity contribution in [3.8, 4) is 11.5 Å². The van der Waals surface area contributed by atoms with E-state index in [2.05, 4.69) is 9.72 Å². The highest BCUT2D eigenvalue weighted by Gasteiger charge is 2.42. The molecule has 0 radical (unpaired) electrons. The minimum Gasteiger partial charge on any atom is -0.489 e. The number of H-pyrrole nitrogens is 1. The Labute approximate surface area is 260 Å². The number of esters is 1. The zero-order valence-corrected chi connectivity index (χ0v) is 25.5. The maximum absolute atomic E-state index is 13.8. The molecule has 2 atom stereocenters. The van der Waals surface area contributed by atoms with E-state index in [0.717, 1.165) is 41.0 Å². The normalized spacial score (nSPS) is 18.0. The van der Waals surface area contributed by atoms with Crippen molar-refractivity contribution in [2.45, 2.75) is 42.2 Å². The van der Waals surface area contributed by atoms with Crippen LogP contribution in [0.25, 0.3) is 0 Å². The second kappa shape index (κ2) is 13.5. The van der Waals surface area contributed by atoms with Gasteiger partial charge < -0.3 is 14.2 Å². The number of alkyl halides is 2. The molecule has 0 spiro atoms. The van der Waals surface area contributed by atoms with Crippen molar-refractivity contribution in [2.24, 2.45) is 5.92 Å². The Morgan fingerprint density at radius 3 is 2.51 bits per heavy atom. The van der Waals surface area contributed by atoms with Crippen LogP contribution in [0.5, 0.6) is 11.5 Å². The molecule has 43 heavy (non-hydrogen) atoms. The molecule has 3 aromatic rings. The number of aromatic nitrogens is 1. The molecule has 1 unspecified atom stereocenters. The fourth-order valence-electron chi connectivity index (χ4n) is 4.46. The number of benzene rings is 2. The van der Waals surface area contributed by atoms with Crippen molar-refractivity contribution in [2.75, 3.05) is 18.9 Å². The van der Waals surface area contributed by atoms with Crippen LogP contribution in [-0.4, -0.2) is 49.6 Å². The number of thioether (sulfide) groups is 1. The SMILES string of the molecule is O=C(O[C@@H](Cc1c(Cl)c[nH+]cc1Cl)c1ccc(OC(F)F)c(OCC2CC2)c1)C1SCCN1S(=O)(=O)c1cccc(F)c1. The van der Waals surface area contributed by atoms with Gasteiger partial charge in [-0.1, -0.05) is 35.3 Å². The quantitative estimate of drug-likeness (QED) is 0.219. The molecular weight excluding hydrogens is 652 g/mol. The van der Waals surface area contributed by atoms with E-state index in [1.54, 1.807) is 0 Å². The first-order valence-electron chi connectivity index (χ1n) is 13.2. The molecule has 230 valence electrons. The van der Waals surface area contributed by atoms with E-state index >= 15 is 0 Å². The number of ether oxygens (including phenoxy) is 3. The fourth-order valence-corrected chi connectivity index (χ4v) is 8.07. The molecule has 8 nitrogen and oxygen atoms in total. The van der Waals surface area contributed by atoms with Crippen LogP contribution in [0.1, 0.15) is 30.1 Å². The van der Waals surface area contributed by atoms with Gasteiger partial charge in [-0.25, -0.2) is 22.6 Å². The smallest absolute Gasteiger partial charge is 0.387 e. The molecule has 1 saturated heterocycles. The highest BCUT2D eigenvalue weighted by atomic mass is 35.5. The van der Waals surface area contributed by atoms with E-state index in [4.69, 9.17) is 32.7 Å². The van der Waals surface area contributed by atoms with Crippen molar-refractivity contribution >= 4 is 51.0 Å². The largest absolute Gasteiger partial charge is 0.489 e. The number of rotatable bonds is 12. The van der Waals surface area contributed by atoms with Crippen molar-refractivity contribution in [3.63, 3.8) is 0 Å². The third-order valence-electron chi connectivity index (χ3n) is 6.82. The second-order valence-corrected chi connectivity index (χ2v) is 13.8. The Morgan fingerprint density at radius 1 is 1.09 bits per heavy atom. The lowest BCUT2D eigenvalue weighted by atomic mass is 10.0. The van der Waals surface area contributed by atoms with Crippen molar-refractivity contribution < 1.29 is 45.6 Å². The molecule has 1 aliphatic carbocycles. The third kappa shape index (κ3) is 7.69. The summed E-state index contributed by atoms with van der Waals surface area (Å²) in [5.74, 6) is -1.16. The number of hydrogen-bond acceptors (Lipinski definition) is 7. The molecule has 2 aromatic carbocycles. The number of nitrogens with one attached hydrogen (secondary N) is 1. The molecule has 1 aliphatic heterocycles. The maximum Gasteiger partial charge on any atom is 0.387 e. The van der Waals surface area contributed by atoms with Gasteiger partial charge in [0, 0.05) is 24.3 Å². The molecular formula is C28H26Cl2F3N2O6S2+. The topological polar surface area (TPSA) is 96.3 Å². The van der Waals surface area contributed by atoms with Gasteiger partial charge in [-0.15, -0.1) is 11.8 Å². The van der Waals surface area contributed by atoms with Gasteiger partial charge in [0.25, 0.3) is 0 Å². The van der Waals surface area contributed by atoms with Crippen LogP contribution >= 0.6 is 35.0 Å².